The number of nitrogens with zero attached hydrogens (tertiary/aromatic N) is 2. The minimum atomic E-state index is -0.889. The van der Waals surface area contributed by atoms with Crippen molar-refractivity contribution >= 4 is 16.6 Å². The van der Waals surface area contributed by atoms with Crippen molar-refractivity contribution in [3.63, 3.8) is 0 Å². The van der Waals surface area contributed by atoms with Gasteiger partial charge in [-0.25, -0.2) is 0 Å². The molecule has 19 heavy (non-hydrogen) atoms. The lowest BCUT2D eigenvalue weighted by Crippen LogP contribution is -2.25. The van der Waals surface area contributed by atoms with Gasteiger partial charge in [0, 0.05) is 6.54 Å². The van der Waals surface area contributed by atoms with E-state index >= 15 is 0 Å². The molecule has 0 aliphatic carbocycles. The largest absolute Gasteiger partial charge is 0.867 e. The Bertz CT molecular complexity index is 691. The van der Waals surface area contributed by atoms with Crippen molar-refractivity contribution in [1.29, 1.82) is 0 Å². The summed E-state index contributed by atoms with van der Waals surface area (Å²) in [6, 6.07) is 6.47. The molecule has 6 heteroatoms. The molecular weight excluding hydrogens is 248 g/mol. The van der Waals surface area contributed by atoms with Crippen molar-refractivity contribution in [3.05, 3.63) is 44.7 Å². The van der Waals surface area contributed by atoms with E-state index < -0.39 is 21.9 Å². The Morgan fingerprint density at radius 2 is 2.00 bits per heavy atom. The van der Waals surface area contributed by atoms with Gasteiger partial charge >= 0.3 is 11.2 Å². The number of nitro groups is 1. The molecule has 0 aliphatic rings. The summed E-state index contributed by atoms with van der Waals surface area (Å²) in [4.78, 5) is 22.1. The van der Waals surface area contributed by atoms with Gasteiger partial charge in [-0.15, -0.1) is 0 Å². The number of hydrogen-bond acceptors (Lipinski definition) is 4. The molecule has 0 radical (unpaired) electrons. The van der Waals surface area contributed by atoms with Gasteiger partial charge in [0.05, 0.1) is 10.4 Å². The van der Waals surface area contributed by atoms with Gasteiger partial charge in [0.25, 0.3) is 0 Å². The molecule has 0 saturated carbocycles. The first-order valence-corrected chi connectivity index (χ1v) is 6.04. The zero-order chi connectivity index (χ0) is 14.0. The first-order chi connectivity index (χ1) is 9.07. The summed E-state index contributed by atoms with van der Waals surface area (Å²) in [5, 5.41) is 23.1. The van der Waals surface area contributed by atoms with Crippen molar-refractivity contribution in [2.24, 2.45) is 0 Å². The molecule has 1 aromatic heterocycles. The zero-order valence-electron chi connectivity index (χ0n) is 10.5. The van der Waals surface area contributed by atoms with Crippen LogP contribution in [0, 0.1) is 10.1 Å². The molecule has 1 aromatic carbocycles. The lowest BCUT2D eigenvalue weighted by molar-refractivity contribution is -0.399. The molecule has 0 bridgehead atoms. The minimum Gasteiger partial charge on any atom is -0.867 e. The highest BCUT2D eigenvalue weighted by molar-refractivity contribution is 5.88. The van der Waals surface area contributed by atoms with Crippen LogP contribution in [-0.2, 0) is 6.54 Å². The number of pyridine rings is 1. The highest BCUT2D eigenvalue weighted by Gasteiger charge is 2.19. The fraction of sp³-hybridized carbons (Fsp3) is 0.308. The third kappa shape index (κ3) is 2.16. The molecule has 0 unspecified atom stereocenters. The Hall–Kier alpha value is -2.37. The van der Waals surface area contributed by atoms with Crippen LogP contribution >= 0.6 is 0 Å². The van der Waals surface area contributed by atoms with E-state index in [1.165, 1.54) is 10.6 Å². The van der Waals surface area contributed by atoms with E-state index in [0.29, 0.717) is 12.1 Å². The summed E-state index contributed by atoms with van der Waals surface area (Å²) >= 11 is 0. The van der Waals surface area contributed by atoms with E-state index in [1.807, 2.05) is 6.92 Å². The second kappa shape index (κ2) is 5.09. The Morgan fingerprint density at radius 1 is 1.32 bits per heavy atom. The van der Waals surface area contributed by atoms with Gasteiger partial charge in [-0.05, 0) is 23.6 Å². The van der Waals surface area contributed by atoms with Gasteiger partial charge in [0.1, 0.15) is 0 Å². The average Bonchev–Trinajstić information content (AvgIpc) is 2.38. The maximum atomic E-state index is 12.1. The van der Waals surface area contributed by atoms with Crippen LogP contribution in [0.25, 0.3) is 10.9 Å². The van der Waals surface area contributed by atoms with E-state index in [0.717, 1.165) is 12.8 Å². The molecule has 1 heterocycles. The van der Waals surface area contributed by atoms with Crippen LogP contribution in [0.4, 0.5) is 5.69 Å². The van der Waals surface area contributed by atoms with Gasteiger partial charge in [-0.2, -0.15) is 0 Å². The Morgan fingerprint density at radius 3 is 2.63 bits per heavy atom. The summed E-state index contributed by atoms with van der Waals surface area (Å²) < 4.78 is 1.32. The Labute approximate surface area is 109 Å². The summed E-state index contributed by atoms with van der Waals surface area (Å²) in [5.41, 5.74) is -1.23. The van der Waals surface area contributed by atoms with Gasteiger partial charge in [-0.3, -0.25) is 14.9 Å². The van der Waals surface area contributed by atoms with Crippen molar-refractivity contribution in [2.75, 3.05) is 0 Å². The highest BCUT2D eigenvalue weighted by Crippen LogP contribution is 2.28. The molecule has 0 N–H and O–H groups in total. The lowest BCUT2D eigenvalue weighted by Gasteiger charge is -2.15. The highest BCUT2D eigenvalue weighted by atomic mass is 16.6. The number of fused-ring (bicyclic) bond motifs is 1. The van der Waals surface area contributed by atoms with Crippen molar-refractivity contribution in [2.45, 2.75) is 26.3 Å². The standard InChI is InChI=1S/C13H14N2O4/c1-2-3-8-14-10-7-5-4-6-9(10)12(16)11(13(14)17)15(18)19/h4-7,16H,2-3,8H2,1H3/p-1. The SMILES string of the molecule is CCCCn1c(=O)c([N+](=O)[O-])c([O-])c2ccccc21. The van der Waals surface area contributed by atoms with Crippen LogP contribution in [0.1, 0.15) is 19.8 Å². The predicted molar refractivity (Wildman–Crippen MR) is 69.2 cm³/mol. The maximum absolute atomic E-state index is 12.1. The number of benzene rings is 1. The van der Waals surface area contributed by atoms with Crippen LogP contribution in [-0.4, -0.2) is 9.49 Å². The topological polar surface area (TPSA) is 88.2 Å². The van der Waals surface area contributed by atoms with Crippen LogP contribution in [0.5, 0.6) is 5.75 Å². The van der Waals surface area contributed by atoms with Gasteiger partial charge < -0.3 is 9.67 Å². The van der Waals surface area contributed by atoms with Crippen molar-refractivity contribution < 1.29 is 10.0 Å². The third-order valence-corrected chi connectivity index (χ3v) is 3.02. The first-order valence-electron chi connectivity index (χ1n) is 6.04. The van der Waals surface area contributed by atoms with Gasteiger partial charge in [-0.1, -0.05) is 31.5 Å². The Kier molecular flexibility index (Phi) is 3.50. The van der Waals surface area contributed by atoms with Crippen molar-refractivity contribution in [1.82, 2.24) is 4.57 Å². The molecule has 0 fully saturated rings. The van der Waals surface area contributed by atoms with E-state index in [2.05, 4.69) is 0 Å². The number of unbranched alkanes of at least 4 members (excludes halogenated alkanes) is 1. The van der Waals surface area contributed by atoms with E-state index in [1.54, 1.807) is 18.2 Å². The number of aromatic nitrogens is 1. The lowest BCUT2D eigenvalue weighted by atomic mass is 10.1. The molecule has 6 nitrogen and oxygen atoms in total. The van der Waals surface area contributed by atoms with E-state index in [9.17, 15) is 20.0 Å². The Balaban J connectivity index is 2.84. The number of hydrogen-bond donors (Lipinski definition) is 0. The van der Waals surface area contributed by atoms with E-state index in [-0.39, 0.29) is 5.39 Å². The predicted octanol–water partition coefficient (Wildman–Crippen LogP) is 1.78. The molecule has 0 amide bonds. The summed E-state index contributed by atoms with van der Waals surface area (Å²) in [6.45, 7) is 2.33. The normalized spacial score (nSPS) is 10.8. The number of rotatable bonds is 4. The quantitative estimate of drug-likeness (QED) is 0.620. The number of para-hydroxylation sites is 1. The first kappa shape index (κ1) is 13.1. The fourth-order valence-electron chi connectivity index (χ4n) is 2.06. The third-order valence-electron chi connectivity index (χ3n) is 3.02. The van der Waals surface area contributed by atoms with Crippen LogP contribution in [0.2, 0.25) is 0 Å². The van der Waals surface area contributed by atoms with Crippen LogP contribution in [0.3, 0.4) is 0 Å². The average molecular weight is 261 g/mol. The summed E-state index contributed by atoms with van der Waals surface area (Å²) in [7, 11) is 0. The molecular formula is C13H13N2O4-. The van der Waals surface area contributed by atoms with E-state index in [4.69, 9.17) is 0 Å². The molecule has 100 valence electrons. The molecule has 0 atom stereocenters. The molecule has 0 saturated heterocycles. The minimum absolute atomic E-state index is 0.213. The second-order valence-corrected chi connectivity index (χ2v) is 4.26. The summed E-state index contributed by atoms with van der Waals surface area (Å²) in [5.74, 6) is -0.807. The number of aryl methyl sites for hydroxylation is 1. The van der Waals surface area contributed by atoms with Crippen molar-refractivity contribution in [3.8, 4) is 5.75 Å². The summed E-state index contributed by atoms with van der Waals surface area (Å²) in [6.07, 6.45) is 1.58. The second-order valence-electron chi connectivity index (χ2n) is 4.26. The van der Waals surface area contributed by atoms with Crippen LogP contribution in [0.15, 0.2) is 29.1 Å². The molecule has 2 rings (SSSR count). The van der Waals surface area contributed by atoms with Gasteiger partial charge in [0.15, 0.2) is 0 Å². The molecule has 0 spiro atoms. The van der Waals surface area contributed by atoms with Crippen LogP contribution < -0.4 is 10.7 Å². The molecule has 0 aliphatic heterocycles. The monoisotopic (exact) mass is 261 g/mol. The zero-order valence-corrected chi connectivity index (χ0v) is 10.5. The smallest absolute Gasteiger partial charge is 0.328 e. The van der Waals surface area contributed by atoms with Gasteiger partial charge in [0.2, 0.25) is 0 Å². The fourth-order valence-corrected chi connectivity index (χ4v) is 2.06. The molecule has 2 aromatic rings. The maximum Gasteiger partial charge on any atom is 0.328 e.